The van der Waals surface area contributed by atoms with Crippen molar-refractivity contribution in [3.63, 3.8) is 0 Å². The van der Waals surface area contributed by atoms with Crippen LogP contribution in [0.4, 0.5) is 11.5 Å². The number of pyridine rings is 1. The predicted molar refractivity (Wildman–Crippen MR) is 105 cm³/mol. The van der Waals surface area contributed by atoms with Crippen LogP contribution in [-0.4, -0.2) is 28.1 Å². The van der Waals surface area contributed by atoms with Crippen LogP contribution in [0.5, 0.6) is 0 Å². The van der Waals surface area contributed by atoms with E-state index < -0.39 is 25.5 Å². The summed E-state index contributed by atoms with van der Waals surface area (Å²) < 4.78 is 29.7. The average molecular weight is 397 g/mol. The van der Waals surface area contributed by atoms with Gasteiger partial charge in [0.15, 0.2) is 16.4 Å². The van der Waals surface area contributed by atoms with E-state index in [1.807, 2.05) is 31.2 Å². The molecule has 2 aromatic heterocycles. The van der Waals surface area contributed by atoms with Crippen LogP contribution < -0.4 is 4.72 Å². The van der Waals surface area contributed by atoms with Crippen molar-refractivity contribution < 1.29 is 13.3 Å². The van der Waals surface area contributed by atoms with Gasteiger partial charge in [-0.2, -0.15) is 5.10 Å². The standard InChI is InChI=1S/C18H15N5O4S/c1-2-22-18-13(11-12-7-3-4-8-14(12)19-18)17(20-22)21-28(26,27)16-10-6-5-9-15(16)23(24)25/h3-11H,2H2,1H3,(H,20,21). The van der Waals surface area contributed by atoms with Gasteiger partial charge in [0.1, 0.15) is 0 Å². The normalized spacial score (nSPS) is 11.8. The molecule has 10 heteroatoms. The molecule has 0 bridgehead atoms. The molecule has 2 heterocycles. The van der Waals surface area contributed by atoms with E-state index in [1.165, 1.54) is 18.2 Å². The summed E-state index contributed by atoms with van der Waals surface area (Å²) in [6, 6.07) is 14.4. The molecule has 2 aromatic carbocycles. The van der Waals surface area contributed by atoms with E-state index in [0.717, 1.165) is 17.0 Å². The van der Waals surface area contributed by atoms with Gasteiger partial charge in [0, 0.05) is 18.0 Å². The van der Waals surface area contributed by atoms with Gasteiger partial charge in [0.05, 0.1) is 15.8 Å². The lowest BCUT2D eigenvalue weighted by atomic mass is 10.2. The Hall–Kier alpha value is -3.53. The van der Waals surface area contributed by atoms with Crippen LogP contribution >= 0.6 is 0 Å². The van der Waals surface area contributed by atoms with Gasteiger partial charge in [-0.25, -0.2) is 18.1 Å². The number of aromatic nitrogens is 3. The van der Waals surface area contributed by atoms with Crippen molar-refractivity contribution in [2.75, 3.05) is 4.72 Å². The fourth-order valence-electron chi connectivity index (χ4n) is 3.01. The lowest BCUT2D eigenvalue weighted by molar-refractivity contribution is -0.387. The number of anilines is 1. The molecule has 4 rings (SSSR count). The molecule has 0 aliphatic carbocycles. The molecule has 142 valence electrons. The number of rotatable bonds is 5. The Bertz CT molecular complexity index is 1330. The number of para-hydroxylation sites is 2. The predicted octanol–water partition coefficient (Wildman–Crippen LogP) is 3.31. The first kappa shape index (κ1) is 17.9. The fourth-order valence-corrected chi connectivity index (χ4v) is 4.20. The number of nitro groups is 1. The Morgan fingerprint density at radius 1 is 1.14 bits per heavy atom. The molecule has 0 fully saturated rings. The average Bonchev–Trinajstić information content (AvgIpc) is 3.02. The molecule has 0 radical (unpaired) electrons. The molecule has 0 atom stereocenters. The maximum absolute atomic E-state index is 12.8. The molecule has 28 heavy (non-hydrogen) atoms. The topological polar surface area (TPSA) is 120 Å². The molecule has 4 aromatic rings. The van der Waals surface area contributed by atoms with Crippen LogP contribution in [0.15, 0.2) is 59.5 Å². The summed E-state index contributed by atoms with van der Waals surface area (Å²) in [7, 11) is -4.22. The van der Waals surface area contributed by atoms with E-state index in [4.69, 9.17) is 0 Å². The minimum absolute atomic E-state index is 0.0771. The van der Waals surface area contributed by atoms with E-state index in [0.29, 0.717) is 17.6 Å². The van der Waals surface area contributed by atoms with E-state index in [-0.39, 0.29) is 5.82 Å². The first-order valence-corrected chi connectivity index (χ1v) is 9.91. The van der Waals surface area contributed by atoms with Gasteiger partial charge < -0.3 is 0 Å². The monoisotopic (exact) mass is 397 g/mol. The van der Waals surface area contributed by atoms with Crippen molar-refractivity contribution in [3.05, 3.63) is 64.7 Å². The van der Waals surface area contributed by atoms with Gasteiger partial charge in [0.25, 0.3) is 15.7 Å². The quantitative estimate of drug-likeness (QED) is 0.407. The van der Waals surface area contributed by atoms with Crippen LogP contribution in [0.2, 0.25) is 0 Å². The van der Waals surface area contributed by atoms with Gasteiger partial charge >= 0.3 is 0 Å². The van der Waals surface area contributed by atoms with Crippen molar-refractivity contribution >= 4 is 43.5 Å². The lowest BCUT2D eigenvalue weighted by Gasteiger charge is -2.06. The molecule has 0 amide bonds. The number of aryl methyl sites for hydroxylation is 1. The Morgan fingerprint density at radius 3 is 2.61 bits per heavy atom. The molecule has 0 saturated heterocycles. The van der Waals surface area contributed by atoms with Crippen LogP contribution in [0.25, 0.3) is 21.9 Å². The highest BCUT2D eigenvalue weighted by Crippen LogP contribution is 2.30. The van der Waals surface area contributed by atoms with Crippen molar-refractivity contribution in [1.29, 1.82) is 0 Å². The maximum Gasteiger partial charge on any atom is 0.289 e. The maximum atomic E-state index is 12.8. The van der Waals surface area contributed by atoms with Crippen molar-refractivity contribution in [1.82, 2.24) is 14.8 Å². The molecule has 1 N–H and O–H groups in total. The Morgan fingerprint density at radius 2 is 1.86 bits per heavy atom. The number of nitro benzene ring substituents is 1. The third kappa shape index (κ3) is 2.93. The highest BCUT2D eigenvalue weighted by atomic mass is 32.2. The second-order valence-corrected chi connectivity index (χ2v) is 7.70. The van der Waals surface area contributed by atoms with Gasteiger partial charge in [-0.05, 0) is 25.1 Å². The first-order valence-electron chi connectivity index (χ1n) is 8.43. The number of sulfonamides is 1. The second kappa shape index (κ2) is 6.57. The summed E-state index contributed by atoms with van der Waals surface area (Å²) in [5.41, 5.74) is 0.789. The number of hydrogen-bond acceptors (Lipinski definition) is 6. The zero-order valence-corrected chi connectivity index (χ0v) is 15.5. The van der Waals surface area contributed by atoms with Crippen molar-refractivity contribution in [2.45, 2.75) is 18.4 Å². The van der Waals surface area contributed by atoms with E-state index in [1.54, 1.807) is 10.7 Å². The SMILES string of the molecule is CCn1nc(NS(=O)(=O)c2ccccc2[N+](=O)[O-])c2cc3ccccc3nc21. The molecular weight excluding hydrogens is 382 g/mol. The number of nitrogens with zero attached hydrogens (tertiary/aromatic N) is 4. The number of nitrogens with one attached hydrogen (secondary N) is 1. The van der Waals surface area contributed by atoms with Gasteiger partial charge in [-0.3, -0.25) is 14.8 Å². The van der Waals surface area contributed by atoms with Gasteiger partial charge in [-0.15, -0.1) is 0 Å². The second-order valence-electron chi connectivity index (χ2n) is 6.05. The largest absolute Gasteiger partial charge is 0.289 e. The molecular formula is C18H15N5O4S. The number of fused-ring (bicyclic) bond motifs is 2. The summed E-state index contributed by atoms with van der Waals surface area (Å²) in [6.07, 6.45) is 0. The molecule has 0 spiro atoms. The summed E-state index contributed by atoms with van der Waals surface area (Å²) in [6.45, 7) is 2.35. The molecule has 0 aliphatic heterocycles. The van der Waals surface area contributed by atoms with Crippen molar-refractivity contribution in [3.8, 4) is 0 Å². The smallest absolute Gasteiger partial charge is 0.261 e. The molecule has 0 aliphatic rings. The molecule has 0 unspecified atom stereocenters. The third-order valence-electron chi connectivity index (χ3n) is 4.31. The molecule has 0 saturated carbocycles. The minimum atomic E-state index is -4.22. The first-order chi connectivity index (χ1) is 13.4. The lowest BCUT2D eigenvalue weighted by Crippen LogP contribution is -2.15. The summed E-state index contributed by atoms with van der Waals surface area (Å²) >= 11 is 0. The summed E-state index contributed by atoms with van der Waals surface area (Å²) in [4.78, 5) is 14.6. The van der Waals surface area contributed by atoms with Crippen LogP contribution in [0.3, 0.4) is 0 Å². The van der Waals surface area contributed by atoms with E-state index in [2.05, 4.69) is 14.8 Å². The summed E-state index contributed by atoms with van der Waals surface area (Å²) in [5.74, 6) is 0.0771. The Balaban J connectivity index is 1.88. The fraction of sp³-hybridized carbons (Fsp3) is 0.111. The summed E-state index contributed by atoms with van der Waals surface area (Å²) in [5, 5.41) is 16.9. The van der Waals surface area contributed by atoms with E-state index in [9.17, 15) is 18.5 Å². The Labute approximate surface area is 159 Å². The molecule has 9 nitrogen and oxygen atoms in total. The highest BCUT2D eigenvalue weighted by molar-refractivity contribution is 7.92. The highest BCUT2D eigenvalue weighted by Gasteiger charge is 2.27. The third-order valence-corrected chi connectivity index (χ3v) is 5.69. The van der Waals surface area contributed by atoms with Crippen molar-refractivity contribution in [2.24, 2.45) is 0 Å². The minimum Gasteiger partial charge on any atom is -0.261 e. The number of hydrogen-bond donors (Lipinski definition) is 1. The van der Waals surface area contributed by atoms with E-state index >= 15 is 0 Å². The number of benzene rings is 2. The van der Waals surface area contributed by atoms with Crippen LogP contribution in [-0.2, 0) is 16.6 Å². The zero-order valence-electron chi connectivity index (χ0n) is 14.7. The van der Waals surface area contributed by atoms with Crippen LogP contribution in [0.1, 0.15) is 6.92 Å². The Kier molecular flexibility index (Phi) is 4.19. The van der Waals surface area contributed by atoms with Crippen LogP contribution in [0, 0.1) is 10.1 Å². The zero-order chi connectivity index (χ0) is 19.9. The van der Waals surface area contributed by atoms with Gasteiger partial charge in [0.2, 0.25) is 0 Å². The van der Waals surface area contributed by atoms with Gasteiger partial charge in [-0.1, -0.05) is 30.3 Å².